The van der Waals surface area contributed by atoms with Crippen molar-refractivity contribution in [1.82, 2.24) is 0 Å². The van der Waals surface area contributed by atoms with Crippen LogP contribution in [0.1, 0.15) is 10.4 Å². The van der Waals surface area contributed by atoms with Gasteiger partial charge in [-0.25, -0.2) is 13.2 Å². The first-order valence-electron chi connectivity index (χ1n) is 9.81. The highest BCUT2D eigenvalue weighted by atomic mass is 32.2. The summed E-state index contributed by atoms with van der Waals surface area (Å²) in [4.78, 5) is 27.9. The first-order chi connectivity index (χ1) is 15.4. The maximum Gasteiger partial charge on any atom is 0.338 e. The van der Waals surface area contributed by atoms with E-state index in [1.54, 1.807) is 40.9 Å². The molecule has 1 aliphatic rings. The molecule has 1 amide bonds. The number of amides is 1. The Labute approximate surface area is 190 Å². The van der Waals surface area contributed by atoms with Crippen molar-refractivity contribution in [1.29, 1.82) is 0 Å². The standard InChI is InChI=1S/C23H20N2O5S2/c26-22(25-13-14-31-21-12-5-4-11-20(21)25)16-30-23(27)17-7-6-8-18(15-17)24-32(28,29)19-9-2-1-3-10-19/h1-12,15,24H,13-14,16H2. The number of rotatable bonds is 6. The maximum absolute atomic E-state index is 12.7. The van der Waals surface area contributed by atoms with Gasteiger partial charge in [-0.3, -0.25) is 9.52 Å². The molecule has 9 heteroatoms. The highest BCUT2D eigenvalue weighted by Crippen LogP contribution is 2.34. The zero-order valence-corrected chi connectivity index (χ0v) is 18.6. The molecule has 0 aromatic heterocycles. The Bertz CT molecular complexity index is 1250. The van der Waals surface area contributed by atoms with Gasteiger partial charge in [0.1, 0.15) is 0 Å². The number of hydrogen-bond acceptors (Lipinski definition) is 6. The second-order valence-electron chi connectivity index (χ2n) is 6.94. The van der Waals surface area contributed by atoms with E-state index in [1.807, 2.05) is 24.3 Å². The molecule has 1 heterocycles. The molecule has 164 valence electrons. The van der Waals surface area contributed by atoms with Crippen molar-refractivity contribution in [3.05, 3.63) is 84.4 Å². The highest BCUT2D eigenvalue weighted by Gasteiger charge is 2.24. The third-order valence-electron chi connectivity index (χ3n) is 4.76. The van der Waals surface area contributed by atoms with E-state index in [-0.39, 0.29) is 22.1 Å². The molecule has 0 radical (unpaired) electrons. The van der Waals surface area contributed by atoms with E-state index < -0.39 is 22.6 Å². The number of benzene rings is 3. The summed E-state index contributed by atoms with van der Waals surface area (Å²) in [5.41, 5.74) is 1.17. The Hall–Kier alpha value is -3.30. The normalized spacial score (nSPS) is 13.2. The number of thioether (sulfide) groups is 1. The van der Waals surface area contributed by atoms with Crippen LogP contribution < -0.4 is 9.62 Å². The summed E-state index contributed by atoms with van der Waals surface area (Å²) in [5.74, 6) is -0.258. The molecule has 3 aromatic carbocycles. The van der Waals surface area contributed by atoms with Crippen LogP contribution in [0, 0.1) is 0 Å². The van der Waals surface area contributed by atoms with Gasteiger partial charge in [0.2, 0.25) is 0 Å². The van der Waals surface area contributed by atoms with Gasteiger partial charge in [0.25, 0.3) is 15.9 Å². The minimum absolute atomic E-state index is 0.110. The van der Waals surface area contributed by atoms with E-state index in [0.29, 0.717) is 6.54 Å². The highest BCUT2D eigenvalue weighted by molar-refractivity contribution is 7.99. The summed E-state index contributed by atoms with van der Waals surface area (Å²) < 4.78 is 32.6. The number of nitrogens with zero attached hydrogens (tertiary/aromatic N) is 1. The molecule has 0 unspecified atom stereocenters. The molecule has 0 aliphatic carbocycles. The summed E-state index contributed by atoms with van der Waals surface area (Å²) in [6, 6.07) is 21.5. The van der Waals surface area contributed by atoms with Crippen LogP contribution in [0.4, 0.5) is 11.4 Å². The molecule has 32 heavy (non-hydrogen) atoms. The maximum atomic E-state index is 12.7. The van der Waals surface area contributed by atoms with Gasteiger partial charge in [-0.05, 0) is 42.5 Å². The van der Waals surface area contributed by atoms with Gasteiger partial charge in [-0.1, -0.05) is 36.4 Å². The lowest BCUT2D eigenvalue weighted by Gasteiger charge is -2.28. The predicted octanol–water partition coefficient (Wildman–Crippen LogP) is 3.78. The second-order valence-corrected chi connectivity index (χ2v) is 9.76. The third kappa shape index (κ3) is 4.95. The van der Waals surface area contributed by atoms with Crippen LogP contribution in [0.2, 0.25) is 0 Å². The zero-order chi connectivity index (χ0) is 22.6. The Morgan fingerprint density at radius 3 is 2.53 bits per heavy atom. The van der Waals surface area contributed by atoms with Crippen molar-refractivity contribution in [3.8, 4) is 0 Å². The fourth-order valence-corrected chi connectivity index (χ4v) is 5.31. The molecule has 0 spiro atoms. The molecule has 0 atom stereocenters. The topological polar surface area (TPSA) is 92.8 Å². The molecule has 1 N–H and O–H groups in total. The average Bonchev–Trinajstić information content (AvgIpc) is 2.82. The van der Waals surface area contributed by atoms with Crippen molar-refractivity contribution in [3.63, 3.8) is 0 Å². The van der Waals surface area contributed by atoms with Crippen molar-refractivity contribution in [2.75, 3.05) is 28.5 Å². The number of hydrogen-bond donors (Lipinski definition) is 1. The number of carbonyl (C=O) groups is 2. The van der Waals surface area contributed by atoms with Gasteiger partial charge in [0, 0.05) is 22.9 Å². The fourth-order valence-electron chi connectivity index (χ4n) is 3.24. The minimum atomic E-state index is -3.79. The summed E-state index contributed by atoms with van der Waals surface area (Å²) in [6.07, 6.45) is 0. The zero-order valence-electron chi connectivity index (χ0n) is 16.9. The van der Waals surface area contributed by atoms with Crippen LogP contribution in [0.15, 0.2) is 88.7 Å². The quantitative estimate of drug-likeness (QED) is 0.554. The van der Waals surface area contributed by atoms with Gasteiger partial charge in [-0.15, -0.1) is 11.8 Å². The number of nitrogens with one attached hydrogen (secondary N) is 1. The molecule has 1 aliphatic heterocycles. The van der Waals surface area contributed by atoms with E-state index in [2.05, 4.69) is 4.72 Å². The lowest BCUT2D eigenvalue weighted by molar-refractivity contribution is -0.121. The molecular weight excluding hydrogens is 448 g/mol. The van der Waals surface area contributed by atoms with Crippen LogP contribution in [0.25, 0.3) is 0 Å². The first kappa shape index (κ1) is 21.9. The molecule has 4 rings (SSSR count). The van der Waals surface area contributed by atoms with Gasteiger partial charge >= 0.3 is 5.97 Å². The smallest absolute Gasteiger partial charge is 0.338 e. The number of carbonyl (C=O) groups excluding carboxylic acids is 2. The number of fused-ring (bicyclic) bond motifs is 1. The Morgan fingerprint density at radius 1 is 0.969 bits per heavy atom. The van der Waals surface area contributed by atoms with Crippen molar-refractivity contribution in [2.45, 2.75) is 9.79 Å². The largest absolute Gasteiger partial charge is 0.452 e. The summed E-state index contributed by atoms with van der Waals surface area (Å²) in [7, 11) is -3.79. The van der Waals surface area contributed by atoms with Crippen molar-refractivity contribution < 1.29 is 22.7 Å². The molecule has 0 saturated heterocycles. The number of para-hydroxylation sites is 1. The van der Waals surface area contributed by atoms with Crippen LogP contribution in [0.3, 0.4) is 0 Å². The minimum Gasteiger partial charge on any atom is -0.452 e. The monoisotopic (exact) mass is 468 g/mol. The number of esters is 1. The molecule has 7 nitrogen and oxygen atoms in total. The molecule has 3 aromatic rings. The SMILES string of the molecule is O=C(OCC(=O)N1CCSc2ccccc21)c1cccc(NS(=O)(=O)c2ccccc2)c1. The van der Waals surface area contributed by atoms with Crippen LogP contribution >= 0.6 is 11.8 Å². The Balaban J connectivity index is 1.41. The lowest BCUT2D eigenvalue weighted by Crippen LogP contribution is -2.38. The van der Waals surface area contributed by atoms with E-state index >= 15 is 0 Å². The number of sulfonamides is 1. The van der Waals surface area contributed by atoms with Crippen molar-refractivity contribution >= 4 is 45.0 Å². The third-order valence-corrected chi connectivity index (χ3v) is 7.20. The lowest BCUT2D eigenvalue weighted by atomic mass is 10.2. The van der Waals surface area contributed by atoms with E-state index in [1.165, 1.54) is 30.3 Å². The Morgan fingerprint density at radius 2 is 1.72 bits per heavy atom. The van der Waals surface area contributed by atoms with Crippen LogP contribution in [-0.2, 0) is 19.6 Å². The molecular formula is C23H20N2O5S2. The Kier molecular flexibility index (Phi) is 6.48. The molecule has 0 bridgehead atoms. The first-order valence-corrected chi connectivity index (χ1v) is 12.3. The number of ether oxygens (including phenoxy) is 1. The van der Waals surface area contributed by atoms with Crippen LogP contribution in [-0.4, -0.2) is 39.2 Å². The van der Waals surface area contributed by atoms with Gasteiger partial charge in [0.05, 0.1) is 16.1 Å². The second kappa shape index (κ2) is 9.46. The summed E-state index contributed by atoms with van der Waals surface area (Å²) >= 11 is 1.68. The fraction of sp³-hybridized carbons (Fsp3) is 0.130. The van der Waals surface area contributed by atoms with Gasteiger partial charge in [0.15, 0.2) is 6.61 Å². The average molecular weight is 469 g/mol. The molecule has 0 saturated carbocycles. The van der Waals surface area contributed by atoms with E-state index in [9.17, 15) is 18.0 Å². The predicted molar refractivity (Wildman–Crippen MR) is 123 cm³/mol. The number of anilines is 2. The van der Waals surface area contributed by atoms with Crippen LogP contribution in [0.5, 0.6) is 0 Å². The summed E-state index contributed by atoms with van der Waals surface area (Å²) in [6.45, 7) is 0.132. The van der Waals surface area contributed by atoms with E-state index in [4.69, 9.17) is 4.74 Å². The van der Waals surface area contributed by atoms with Gasteiger partial charge in [-0.2, -0.15) is 0 Å². The molecule has 0 fully saturated rings. The van der Waals surface area contributed by atoms with Crippen molar-refractivity contribution in [2.24, 2.45) is 0 Å². The van der Waals surface area contributed by atoms with Gasteiger partial charge < -0.3 is 9.64 Å². The summed E-state index contributed by atoms with van der Waals surface area (Å²) in [5, 5.41) is 0. The van der Waals surface area contributed by atoms with E-state index in [0.717, 1.165) is 16.3 Å².